The van der Waals surface area contributed by atoms with E-state index in [4.69, 9.17) is 20.9 Å². The van der Waals surface area contributed by atoms with Gasteiger partial charge in [-0.15, -0.1) is 4.33 Å². The molecule has 0 spiro atoms. The van der Waals surface area contributed by atoms with Crippen molar-refractivity contribution in [1.29, 1.82) is 0 Å². The van der Waals surface area contributed by atoms with E-state index in [1.807, 2.05) is 36.5 Å². The van der Waals surface area contributed by atoms with Crippen LogP contribution in [0.15, 0.2) is 36.5 Å². The minimum atomic E-state index is 0.107. The van der Waals surface area contributed by atoms with Crippen LogP contribution in [0, 0.1) is 5.92 Å². The van der Waals surface area contributed by atoms with E-state index in [0.717, 1.165) is 48.3 Å². The Balaban J connectivity index is 1.69. The highest BCUT2D eigenvalue weighted by Gasteiger charge is 2.36. The molecule has 1 saturated heterocycles. The van der Waals surface area contributed by atoms with E-state index in [-0.39, 0.29) is 11.7 Å². The molecular formula is C20H21ClN2O3S. The van der Waals surface area contributed by atoms with E-state index in [9.17, 15) is 4.79 Å². The number of hydrogen-bond acceptors (Lipinski definition) is 6. The van der Waals surface area contributed by atoms with E-state index < -0.39 is 0 Å². The molecule has 0 bridgehead atoms. The summed E-state index contributed by atoms with van der Waals surface area (Å²) in [5.74, 6) is 0.630. The van der Waals surface area contributed by atoms with Crippen LogP contribution in [-0.4, -0.2) is 35.3 Å². The maximum absolute atomic E-state index is 12.9. The second-order valence-corrected chi connectivity index (χ2v) is 8.17. The van der Waals surface area contributed by atoms with E-state index in [0.29, 0.717) is 17.4 Å². The van der Waals surface area contributed by atoms with Crippen molar-refractivity contribution in [2.24, 2.45) is 5.92 Å². The third-order valence-electron chi connectivity index (χ3n) is 5.40. The number of carbonyl (C=O) groups is 1. The van der Waals surface area contributed by atoms with Crippen LogP contribution in [0.5, 0.6) is 0 Å². The van der Waals surface area contributed by atoms with Crippen LogP contribution in [0.3, 0.4) is 0 Å². The maximum atomic E-state index is 12.9. The minimum Gasteiger partial charge on any atom is -0.294 e. The van der Waals surface area contributed by atoms with Gasteiger partial charge in [0.25, 0.3) is 0 Å². The van der Waals surface area contributed by atoms with Crippen molar-refractivity contribution in [3.63, 3.8) is 0 Å². The molecule has 0 amide bonds. The number of carbonyl (C=O) groups excluding carboxylic acids is 1. The Morgan fingerprint density at radius 3 is 2.85 bits per heavy atom. The Labute approximate surface area is 168 Å². The molecule has 1 fully saturated rings. The number of fused-ring (bicyclic) bond motifs is 2. The fourth-order valence-corrected chi connectivity index (χ4v) is 4.85. The first-order valence-electron chi connectivity index (χ1n) is 9.06. The second-order valence-electron chi connectivity index (χ2n) is 6.93. The Morgan fingerprint density at radius 1 is 1.26 bits per heavy atom. The van der Waals surface area contributed by atoms with Crippen molar-refractivity contribution in [3.8, 4) is 0 Å². The van der Waals surface area contributed by atoms with Gasteiger partial charge in [0.2, 0.25) is 0 Å². The van der Waals surface area contributed by atoms with E-state index >= 15 is 0 Å². The molecule has 1 unspecified atom stereocenters. The normalized spacial score (nSPS) is 20.8. The van der Waals surface area contributed by atoms with Gasteiger partial charge in [0, 0.05) is 42.2 Å². The molecule has 7 heteroatoms. The fraction of sp³-hybridized carbons (Fsp3) is 0.400. The standard InChI is InChI=1S/C20H21ClN2O3S/c1-25-26-27-23-9-6-13(7-10-23)19-16-5-4-15(21)12-17(16)18(24)11-14-3-2-8-22-20(14)19/h2-5,8,12-13,19H,6-7,9-11H2,1H3. The third kappa shape index (κ3) is 3.91. The van der Waals surface area contributed by atoms with Crippen molar-refractivity contribution in [3.05, 3.63) is 63.9 Å². The van der Waals surface area contributed by atoms with Gasteiger partial charge in [0.05, 0.1) is 12.8 Å². The lowest BCUT2D eigenvalue weighted by atomic mass is 9.77. The van der Waals surface area contributed by atoms with Crippen molar-refractivity contribution >= 4 is 29.6 Å². The molecule has 2 aliphatic rings. The van der Waals surface area contributed by atoms with Crippen molar-refractivity contribution in [2.75, 3.05) is 20.2 Å². The smallest absolute Gasteiger partial charge is 0.167 e. The zero-order valence-corrected chi connectivity index (χ0v) is 16.6. The largest absolute Gasteiger partial charge is 0.294 e. The number of ketones is 1. The maximum Gasteiger partial charge on any atom is 0.167 e. The molecule has 2 aromatic rings. The number of hydrogen-bond donors (Lipinski definition) is 0. The summed E-state index contributed by atoms with van der Waals surface area (Å²) < 4.78 is 7.14. The average molecular weight is 405 g/mol. The summed E-state index contributed by atoms with van der Waals surface area (Å²) in [5.41, 5.74) is 3.86. The van der Waals surface area contributed by atoms with Crippen molar-refractivity contribution in [2.45, 2.75) is 25.2 Å². The summed E-state index contributed by atoms with van der Waals surface area (Å²) >= 11 is 7.45. The highest BCUT2D eigenvalue weighted by Crippen LogP contribution is 2.43. The third-order valence-corrected chi connectivity index (χ3v) is 6.40. The van der Waals surface area contributed by atoms with Gasteiger partial charge >= 0.3 is 0 Å². The Kier molecular flexibility index (Phi) is 5.80. The van der Waals surface area contributed by atoms with Gasteiger partial charge in [0.1, 0.15) is 12.2 Å². The van der Waals surface area contributed by atoms with E-state index in [1.54, 1.807) is 0 Å². The molecular weight excluding hydrogens is 384 g/mol. The molecule has 1 aromatic heterocycles. The quantitative estimate of drug-likeness (QED) is 0.324. The van der Waals surface area contributed by atoms with Gasteiger partial charge in [-0.1, -0.05) is 23.7 Å². The molecule has 27 heavy (non-hydrogen) atoms. The van der Waals surface area contributed by atoms with Gasteiger partial charge in [0.15, 0.2) is 5.78 Å². The topological polar surface area (TPSA) is 51.7 Å². The lowest BCUT2D eigenvalue weighted by Crippen LogP contribution is -2.32. The molecule has 1 atom stereocenters. The van der Waals surface area contributed by atoms with Crippen LogP contribution < -0.4 is 0 Å². The van der Waals surface area contributed by atoms with Gasteiger partial charge < -0.3 is 0 Å². The first-order valence-corrected chi connectivity index (χ1v) is 10.1. The number of pyridine rings is 1. The summed E-state index contributed by atoms with van der Waals surface area (Å²) in [6.07, 6.45) is 4.20. The number of halogens is 1. The lowest BCUT2D eigenvalue weighted by Gasteiger charge is -2.35. The fourth-order valence-electron chi connectivity index (χ4n) is 4.17. The number of rotatable bonds is 4. The molecule has 1 aromatic carbocycles. The second kappa shape index (κ2) is 8.29. The van der Waals surface area contributed by atoms with Crippen molar-refractivity contribution in [1.82, 2.24) is 9.29 Å². The average Bonchev–Trinajstić information content (AvgIpc) is 2.81. The summed E-state index contributed by atoms with van der Waals surface area (Å²) in [5, 5.41) is 0.600. The molecule has 1 aliphatic carbocycles. The molecule has 5 nitrogen and oxygen atoms in total. The molecule has 0 N–H and O–H groups in total. The lowest BCUT2D eigenvalue weighted by molar-refractivity contribution is -0.163. The van der Waals surface area contributed by atoms with Crippen LogP contribution in [0.4, 0.5) is 0 Å². The SMILES string of the molecule is COOSN1CCC(C2c3ccc(Cl)cc3C(=O)Cc3cccnc32)CC1. The van der Waals surface area contributed by atoms with Gasteiger partial charge in [-0.05, 0) is 48.1 Å². The number of aromatic nitrogens is 1. The molecule has 4 rings (SSSR count). The van der Waals surface area contributed by atoms with Gasteiger partial charge in [-0.3, -0.25) is 9.78 Å². The highest BCUT2D eigenvalue weighted by molar-refractivity contribution is 7.92. The first kappa shape index (κ1) is 18.9. The summed E-state index contributed by atoms with van der Waals surface area (Å²) in [6.45, 7) is 1.79. The molecule has 1 aliphatic heterocycles. The Bertz CT molecular complexity index is 840. The van der Waals surface area contributed by atoms with E-state index in [2.05, 4.69) is 9.19 Å². The molecule has 142 valence electrons. The monoisotopic (exact) mass is 404 g/mol. The Hall–Kier alpha value is -1.44. The van der Waals surface area contributed by atoms with Crippen LogP contribution in [-0.2, 0) is 15.6 Å². The summed E-state index contributed by atoms with van der Waals surface area (Å²) in [7, 11) is 1.51. The minimum absolute atomic E-state index is 0.107. The predicted molar refractivity (Wildman–Crippen MR) is 106 cm³/mol. The Morgan fingerprint density at radius 2 is 2.07 bits per heavy atom. The zero-order valence-electron chi connectivity index (χ0n) is 15.1. The van der Waals surface area contributed by atoms with Gasteiger partial charge in [-0.2, -0.15) is 0 Å². The van der Waals surface area contributed by atoms with Crippen molar-refractivity contribution < 1.29 is 14.0 Å². The number of piperidine rings is 1. The van der Waals surface area contributed by atoms with Crippen LogP contribution >= 0.6 is 23.8 Å². The number of benzene rings is 1. The molecule has 0 saturated carbocycles. The van der Waals surface area contributed by atoms with Gasteiger partial charge in [-0.25, -0.2) is 9.19 Å². The van der Waals surface area contributed by atoms with E-state index in [1.165, 1.54) is 19.3 Å². The highest BCUT2D eigenvalue weighted by atomic mass is 35.5. The molecule has 2 heterocycles. The zero-order chi connectivity index (χ0) is 18.8. The summed E-state index contributed by atoms with van der Waals surface area (Å²) in [6, 6.07) is 9.65. The van der Waals surface area contributed by atoms with Crippen LogP contribution in [0.1, 0.15) is 45.9 Å². The molecule has 0 radical (unpaired) electrons. The van der Waals surface area contributed by atoms with Crippen LogP contribution in [0.25, 0.3) is 0 Å². The van der Waals surface area contributed by atoms with Crippen LogP contribution in [0.2, 0.25) is 5.02 Å². The summed E-state index contributed by atoms with van der Waals surface area (Å²) in [4.78, 5) is 22.3. The predicted octanol–water partition coefficient (Wildman–Crippen LogP) is 4.46. The number of nitrogens with zero attached hydrogens (tertiary/aromatic N) is 2. The first-order chi connectivity index (χ1) is 13.2. The number of Topliss-reactive ketones (excluding diaryl/α,β-unsaturated/α-hetero) is 1.